The van der Waals surface area contributed by atoms with E-state index in [1.165, 1.54) is 24.8 Å². The molecule has 0 spiro atoms. The van der Waals surface area contributed by atoms with Crippen molar-refractivity contribution >= 4 is 29.0 Å². The predicted molar refractivity (Wildman–Crippen MR) is 138 cm³/mol. The minimum Gasteiger partial charge on any atom is -0.321 e. The molecule has 2 aliphatic rings. The van der Waals surface area contributed by atoms with Crippen molar-refractivity contribution in [3.8, 4) is 22.4 Å². The molecule has 170 valence electrons. The number of rotatable bonds is 4. The van der Waals surface area contributed by atoms with Crippen LogP contribution in [0.1, 0.15) is 49.4 Å². The third-order valence-corrected chi connectivity index (χ3v) is 7.40. The van der Waals surface area contributed by atoms with Crippen molar-refractivity contribution in [3.05, 3.63) is 84.3 Å². The summed E-state index contributed by atoms with van der Waals surface area (Å²) in [5, 5.41) is 10.1. The Balaban J connectivity index is 0.00000217. The summed E-state index contributed by atoms with van der Waals surface area (Å²) in [5.74, 6) is 1.61. The third kappa shape index (κ3) is 3.30. The van der Waals surface area contributed by atoms with Gasteiger partial charge in [0.2, 0.25) is 0 Å². The van der Waals surface area contributed by atoms with Crippen LogP contribution >= 0.6 is 12.4 Å². The van der Waals surface area contributed by atoms with Gasteiger partial charge < -0.3 is 5.73 Å². The molecule has 6 heteroatoms. The average Bonchev–Trinajstić information content (AvgIpc) is 3.60. The summed E-state index contributed by atoms with van der Waals surface area (Å²) in [6.07, 6.45) is 7.81. The molecule has 0 aliphatic heterocycles. The molecule has 3 heterocycles. The van der Waals surface area contributed by atoms with Gasteiger partial charge in [0.05, 0.1) is 11.2 Å². The van der Waals surface area contributed by atoms with E-state index in [4.69, 9.17) is 10.7 Å². The van der Waals surface area contributed by atoms with Gasteiger partial charge in [0.15, 0.2) is 5.65 Å². The highest BCUT2D eigenvalue weighted by molar-refractivity contribution is 5.98. The Morgan fingerprint density at radius 2 is 1.65 bits per heavy atom. The highest BCUT2D eigenvalue weighted by Crippen LogP contribution is 2.41. The van der Waals surface area contributed by atoms with E-state index in [2.05, 4.69) is 81.5 Å². The molecule has 2 aliphatic carbocycles. The molecule has 0 radical (unpaired) electrons. The Hall–Kier alpha value is -3.28. The second-order valence-corrected chi connectivity index (χ2v) is 9.61. The van der Waals surface area contributed by atoms with E-state index in [0.717, 1.165) is 57.6 Å². The maximum atomic E-state index is 6.56. The van der Waals surface area contributed by atoms with Crippen LogP contribution in [0.4, 0.5) is 0 Å². The summed E-state index contributed by atoms with van der Waals surface area (Å²) in [6.45, 7) is 0. The van der Waals surface area contributed by atoms with Crippen LogP contribution in [0.25, 0.3) is 38.9 Å². The number of fused-ring (bicyclic) bond motifs is 3. The van der Waals surface area contributed by atoms with Gasteiger partial charge >= 0.3 is 0 Å². The third-order valence-electron chi connectivity index (χ3n) is 7.40. The summed E-state index contributed by atoms with van der Waals surface area (Å²) < 4.78 is 2.14. The van der Waals surface area contributed by atoms with Crippen molar-refractivity contribution in [1.82, 2.24) is 19.6 Å². The Labute approximate surface area is 204 Å². The van der Waals surface area contributed by atoms with Crippen molar-refractivity contribution < 1.29 is 0 Å². The fourth-order valence-corrected chi connectivity index (χ4v) is 5.10. The number of aromatic nitrogens is 4. The molecule has 0 amide bonds. The molecule has 5 nitrogen and oxygen atoms in total. The SMILES string of the molecule is Cl.NC1(c2ccc(-c3nc4ccn5c(C6CC6)nnc5c4cc3-c3ccccc3)cc2)CCC1. The highest BCUT2D eigenvalue weighted by atomic mass is 35.5. The topological polar surface area (TPSA) is 69.1 Å². The van der Waals surface area contributed by atoms with E-state index >= 15 is 0 Å². The molecule has 0 atom stereocenters. The molecule has 7 rings (SSSR count). The van der Waals surface area contributed by atoms with E-state index in [0.29, 0.717) is 5.92 Å². The maximum Gasteiger partial charge on any atom is 0.170 e. The maximum absolute atomic E-state index is 6.56. The van der Waals surface area contributed by atoms with Crippen LogP contribution in [-0.2, 0) is 5.54 Å². The van der Waals surface area contributed by atoms with Gasteiger partial charge in [-0.1, -0.05) is 54.6 Å². The fraction of sp³-hybridized carbons (Fsp3) is 0.250. The lowest BCUT2D eigenvalue weighted by molar-refractivity contribution is 0.253. The van der Waals surface area contributed by atoms with Crippen LogP contribution in [0.2, 0.25) is 0 Å². The lowest BCUT2D eigenvalue weighted by atomic mass is 9.72. The standard InChI is InChI=1S/C28H25N5.ClH/c29-28(14-4-15-28)21-11-9-19(10-12-21)25-22(18-5-2-1-3-6-18)17-23-24(30-25)13-16-33-26(20-7-8-20)31-32-27(23)33;/h1-3,5-6,9-13,16-17,20H,4,7-8,14-15,29H2;1H. The van der Waals surface area contributed by atoms with Crippen LogP contribution in [0.3, 0.4) is 0 Å². The summed E-state index contributed by atoms with van der Waals surface area (Å²) >= 11 is 0. The van der Waals surface area contributed by atoms with E-state index in [-0.39, 0.29) is 17.9 Å². The number of pyridine rings is 2. The second-order valence-electron chi connectivity index (χ2n) is 9.61. The summed E-state index contributed by atoms with van der Waals surface area (Å²) in [4.78, 5) is 5.16. The Morgan fingerprint density at radius 3 is 2.32 bits per heavy atom. The Kier molecular flexibility index (Phi) is 4.94. The number of hydrogen-bond donors (Lipinski definition) is 1. The zero-order valence-electron chi connectivity index (χ0n) is 18.8. The highest BCUT2D eigenvalue weighted by Gasteiger charge is 2.34. The molecule has 5 aromatic rings. The first kappa shape index (κ1) is 21.3. The molecular formula is C28H26ClN5. The van der Waals surface area contributed by atoms with E-state index in [1.807, 2.05) is 6.07 Å². The van der Waals surface area contributed by atoms with Gasteiger partial charge in [-0.3, -0.25) is 4.40 Å². The molecule has 2 saturated carbocycles. The number of nitrogens with two attached hydrogens (primary N) is 1. The number of benzene rings is 2. The van der Waals surface area contributed by atoms with Crippen molar-refractivity contribution in [2.24, 2.45) is 5.73 Å². The average molecular weight is 468 g/mol. The van der Waals surface area contributed by atoms with Gasteiger partial charge in [-0.2, -0.15) is 0 Å². The molecule has 2 N–H and O–H groups in total. The van der Waals surface area contributed by atoms with Gasteiger partial charge in [-0.25, -0.2) is 4.98 Å². The zero-order chi connectivity index (χ0) is 22.0. The van der Waals surface area contributed by atoms with Crippen molar-refractivity contribution in [3.63, 3.8) is 0 Å². The van der Waals surface area contributed by atoms with Crippen LogP contribution in [0.15, 0.2) is 72.9 Å². The molecular weight excluding hydrogens is 442 g/mol. The second kappa shape index (κ2) is 7.90. The van der Waals surface area contributed by atoms with Crippen LogP contribution in [-0.4, -0.2) is 19.6 Å². The van der Waals surface area contributed by atoms with Gasteiger partial charge in [-0.15, -0.1) is 22.6 Å². The first-order chi connectivity index (χ1) is 16.2. The monoisotopic (exact) mass is 467 g/mol. The molecule has 3 aromatic heterocycles. The number of hydrogen-bond acceptors (Lipinski definition) is 4. The smallest absolute Gasteiger partial charge is 0.170 e. The van der Waals surface area contributed by atoms with Gasteiger partial charge in [0.1, 0.15) is 5.82 Å². The summed E-state index contributed by atoms with van der Waals surface area (Å²) in [5.41, 5.74) is 13.8. The Bertz CT molecular complexity index is 1500. The number of nitrogens with zero attached hydrogens (tertiary/aromatic N) is 4. The van der Waals surface area contributed by atoms with Gasteiger partial charge in [-0.05, 0) is 55.4 Å². The molecule has 2 fully saturated rings. The van der Waals surface area contributed by atoms with Crippen molar-refractivity contribution in [1.29, 1.82) is 0 Å². The molecule has 0 saturated heterocycles. The van der Waals surface area contributed by atoms with Crippen molar-refractivity contribution in [2.45, 2.75) is 43.6 Å². The quantitative estimate of drug-likeness (QED) is 0.339. The molecule has 0 unspecified atom stereocenters. The first-order valence-electron chi connectivity index (χ1n) is 11.8. The van der Waals surface area contributed by atoms with Crippen LogP contribution in [0, 0.1) is 0 Å². The lowest BCUT2D eigenvalue weighted by Crippen LogP contribution is -2.43. The minimum absolute atomic E-state index is 0. The summed E-state index contributed by atoms with van der Waals surface area (Å²) in [6, 6.07) is 23.5. The van der Waals surface area contributed by atoms with Gasteiger partial charge in [0, 0.05) is 34.2 Å². The van der Waals surface area contributed by atoms with E-state index in [9.17, 15) is 0 Å². The lowest BCUT2D eigenvalue weighted by Gasteiger charge is -2.38. The molecule has 0 bridgehead atoms. The number of halogens is 1. The largest absolute Gasteiger partial charge is 0.321 e. The minimum atomic E-state index is -0.157. The van der Waals surface area contributed by atoms with Gasteiger partial charge in [0.25, 0.3) is 0 Å². The normalized spacial score (nSPS) is 16.9. The molecule has 34 heavy (non-hydrogen) atoms. The van der Waals surface area contributed by atoms with Crippen LogP contribution in [0.5, 0.6) is 0 Å². The Morgan fingerprint density at radius 1 is 0.882 bits per heavy atom. The van der Waals surface area contributed by atoms with E-state index < -0.39 is 0 Å². The van der Waals surface area contributed by atoms with Crippen molar-refractivity contribution in [2.75, 3.05) is 0 Å². The summed E-state index contributed by atoms with van der Waals surface area (Å²) in [7, 11) is 0. The zero-order valence-corrected chi connectivity index (χ0v) is 19.6. The first-order valence-corrected chi connectivity index (χ1v) is 11.8. The fourth-order valence-electron chi connectivity index (χ4n) is 5.10. The van der Waals surface area contributed by atoms with Crippen LogP contribution < -0.4 is 5.73 Å². The molecule has 2 aromatic carbocycles. The van der Waals surface area contributed by atoms with E-state index in [1.54, 1.807) is 0 Å². The predicted octanol–water partition coefficient (Wildman–Crippen LogP) is 6.25.